The summed E-state index contributed by atoms with van der Waals surface area (Å²) in [5.74, 6) is 1.11. The third kappa shape index (κ3) is 1.90. The Kier molecular flexibility index (Phi) is 2.90. The van der Waals surface area contributed by atoms with Gasteiger partial charge in [0.15, 0.2) is 5.69 Å². The molecule has 0 aliphatic heterocycles. The average molecular weight is 217 g/mol. The molecule has 6 heteroatoms. The Morgan fingerprint density at radius 1 is 1.19 bits per heavy atom. The lowest BCUT2D eigenvalue weighted by molar-refractivity contribution is 0.397. The van der Waals surface area contributed by atoms with Crippen molar-refractivity contribution in [2.75, 3.05) is 19.5 Å². The largest absolute Gasteiger partial charge is 0.479 e. The number of hydrogen-bond acceptors (Lipinski definition) is 6. The fraction of sp³-hybridized carbons (Fsp3) is 0.200. The normalized spacial score (nSPS) is 9.88. The lowest BCUT2D eigenvalue weighted by atomic mass is 10.3. The second-order valence-electron chi connectivity index (χ2n) is 2.95. The number of ether oxygens (including phenoxy) is 1. The maximum atomic E-state index is 5.11. The Balaban J connectivity index is 2.49. The Hall–Kier alpha value is -2.24. The molecule has 0 bridgehead atoms. The summed E-state index contributed by atoms with van der Waals surface area (Å²) in [5, 5.41) is 2.91. The molecule has 0 radical (unpaired) electrons. The number of anilines is 1. The number of nitrogens with one attached hydrogen (secondary N) is 1. The highest BCUT2D eigenvalue weighted by atomic mass is 16.5. The minimum Gasteiger partial charge on any atom is -0.479 e. The molecule has 0 unspecified atom stereocenters. The maximum Gasteiger partial charge on any atom is 0.242 e. The van der Waals surface area contributed by atoms with Crippen molar-refractivity contribution in [3.05, 3.63) is 24.8 Å². The highest BCUT2D eigenvalue weighted by molar-refractivity contribution is 5.60. The van der Waals surface area contributed by atoms with E-state index >= 15 is 0 Å². The van der Waals surface area contributed by atoms with Gasteiger partial charge in [-0.3, -0.25) is 4.98 Å². The van der Waals surface area contributed by atoms with Gasteiger partial charge < -0.3 is 10.1 Å². The third-order valence-electron chi connectivity index (χ3n) is 1.99. The van der Waals surface area contributed by atoms with Crippen molar-refractivity contribution in [2.24, 2.45) is 0 Å². The third-order valence-corrected chi connectivity index (χ3v) is 1.99. The van der Waals surface area contributed by atoms with Crippen LogP contribution in [0.15, 0.2) is 24.8 Å². The molecule has 0 spiro atoms. The Bertz CT molecular complexity index is 488. The average Bonchev–Trinajstić information content (AvgIpc) is 2.38. The number of hydrogen-bond donors (Lipinski definition) is 1. The van der Waals surface area contributed by atoms with E-state index in [-0.39, 0.29) is 0 Å². The zero-order valence-corrected chi connectivity index (χ0v) is 9.01. The highest BCUT2D eigenvalue weighted by Crippen LogP contribution is 2.22. The Morgan fingerprint density at radius 2 is 2.00 bits per heavy atom. The van der Waals surface area contributed by atoms with E-state index in [1.807, 2.05) is 0 Å². The van der Waals surface area contributed by atoms with E-state index in [0.29, 0.717) is 23.1 Å². The van der Waals surface area contributed by atoms with Crippen molar-refractivity contribution in [2.45, 2.75) is 0 Å². The van der Waals surface area contributed by atoms with Gasteiger partial charge in [-0.15, -0.1) is 0 Å². The fourth-order valence-electron chi connectivity index (χ4n) is 1.25. The molecule has 82 valence electrons. The summed E-state index contributed by atoms with van der Waals surface area (Å²) in [5.41, 5.74) is 1.20. The predicted molar refractivity (Wildman–Crippen MR) is 59.2 cm³/mol. The summed E-state index contributed by atoms with van der Waals surface area (Å²) in [6, 6.07) is 0. The first-order valence-corrected chi connectivity index (χ1v) is 4.70. The van der Waals surface area contributed by atoms with Gasteiger partial charge >= 0.3 is 0 Å². The van der Waals surface area contributed by atoms with Crippen LogP contribution in [0.3, 0.4) is 0 Å². The van der Waals surface area contributed by atoms with Crippen LogP contribution in [0.4, 0.5) is 5.82 Å². The molecule has 2 aromatic rings. The van der Waals surface area contributed by atoms with Gasteiger partial charge in [0, 0.05) is 19.4 Å². The summed E-state index contributed by atoms with van der Waals surface area (Å²) in [7, 11) is 3.32. The van der Waals surface area contributed by atoms with Gasteiger partial charge in [0.2, 0.25) is 5.88 Å². The van der Waals surface area contributed by atoms with Crippen LogP contribution in [-0.4, -0.2) is 34.1 Å². The van der Waals surface area contributed by atoms with Crippen LogP contribution in [-0.2, 0) is 0 Å². The smallest absolute Gasteiger partial charge is 0.242 e. The molecule has 6 nitrogen and oxygen atoms in total. The van der Waals surface area contributed by atoms with E-state index in [1.54, 1.807) is 38.9 Å². The molecule has 0 fully saturated rings. The molecule has 0 aromatic carbocycles. The fourth-order valence-corrected chi connectivity index (χ4v) is 1.25. The second kappa shape index (κ2) is 4.52. The van der Waals surface area contributed by atoms with Crippen LogP contribution < -0.4 is 10.1 Å². The first-order valence-electron chi connectivity index (χ1n) is 4.70. The predicted octanol–water partition coefficient (Wildman–Crippen LogP) is 0.984. The summed E-state index contributed by atoms with van der Waals surface area (Å²) in [4.78, 5) is 16.6. The van der Waals surface area contributed by atoms with Crippen LogP contribution in [0, 0.1) is 0 Å². The van der Waals surface area contributed by atoms with Crippen molar-refractivity contribution in [1.29, 1.82) is 0 Å². The number of aromatic nitrogens is 4. The van der Waals surface area contributed by atoms with Crippen molar-refractivity contribution in [3.8, 4) is 17.3 Å². The lowest BCUT2D eigenvalue weighted by Gasteiger charge is -2.05. The lowest BCUT2D eigenvalue weighted by Crippen LogP contribution is -1.99. The first kappa shape index (κ1) is 10.3. The molecule has 2 aromatic heterocycles. The highest BCUT2D eigenvalue weighted by Gasteiger charge is 2.10. The summed E-state index contributed by atoms with van der Waals surface area (Å²) in [6.45, 7) is 0. The van der Waals surface area contributed by atoms with Crippen molar-refractivity contribution in [3.63, 3.8) is 0 Å². The van der Waals surface area contributed by atoms with E-state index in [0.717, 1.165) is 0 Å². The van der Waals surface area contributed by atoms with Crippen LogP contribution in [0.1, 0.15) is 0 Å². The molecule has 0 saturated heterocycles. The summed E-state index contributed by atoms with van der Waals surface area (Å²) >= 11 is 0. The number of nitrogens with zero attached hydrogens (tertiary/aromatic N) is 4. The first-order chi connectivity index (χ1) is 7.85. The van der Waals surface area contributed by atoms with E-state index < -0.39 is 0 Å². The van der Waals surface area contributed by atoms with E-state index in [1.165, 1.54) is 0 Å². The molecule has 0 amide bonds. The van der Waals surface area contributed by atoms with Gasteiger partial charge in [0.05, 0.1) is 19.5 Å². The molecule has 2 rings (SSSR count). The Labute approximate surface area is 92.8 Å². The van der Waals surface area contributed by atoms with Crippen LogP contribution in [0.25, 0.3) is 11.4 Å². The molecule has 16 heavy (non-hydrogen) atoms. The monoisotopic (exact) mass is 217 g/mol. The molecular weight excluding hydrogens is 206 g/mol. The molecule has 0 saturated carbocycles. The van der Waals surface area contributed by atoms with Gasteiger partial charge in [-0.1, -0.05) is 0 Å². The van der Waals surface area contributed by atoms with Crippen LogP contribution in [0.2, 0.25) is 0 Å². The zero-order chi connectivity index (χ0) is 11.4. The second-order valence-corrected chi connectivity index (χ2v) is 2.95. The standard InChI is InChI=1S/C10H11N5O/c1-11-8-6-12-5-7(15-8)9-10(16-2)14-4-3-13-9/h3-6H,1-2H3,(H,11,15). The maximum absolute atomic E-state index is 5.11. The van der Waals surface area contributed by atoms with E-state index in [2.05, 4.69) is 25.3 Å². The van der Waals surface area contributed by atoms with Gasteiger partial charge in [-0.05, 0) is 0 Å². The van der Waals surface area contributed by atoms with Gasteiger partial charge in [0.1, 0.15) is 11.5 Å². The molecular formula is C10H11N5O. The van der Waals surface area contributed by atoms with E-state index in [4.69, 9.17) is 4.74 Å². The summed E-state index contributed by atoms with van der Waals surface area (Å²) in [6.07, 6.45) is 6.41. The minimum absolute atomic E-state index is 0.435. The van der Waals surface area contributed by atoms with Gasteiger partial charge in [-0.25, -0.2) is 15.0 Å². The van der Waals surface area contributed by atoms with Gasteiger partial charge in [0.25, 0.3) is 0 Å². The van der Waals surface area contributed by atoms with Crippen molar-refractivity contribution in [1.82, 2.24) is 19.9 Å². The Morgan fingerprint density at radius 3 is 2.75 bits per heavy atom. The molecule has 0 aliphatic carbocycles. The number of methoxy groups -OCH3 is 1. The van der Waals surface area contributed by atoms with Crippen molar-refractivity contribution < 1.29 is 4.74 Å². The van der Waals surface area contributed by atoms with Crippen molar-refractivity contribution >= 4 is 5.82 Å². The van der Waals surface area contributed by atoms with Crippen LogP contribution >= 0.6 is 0 Å². The summed E-state index contributed by atoms with van der Waals surface area (Å²) < 4.78 is 5.11. The molecule has 1 N–H and O–H groups in total. The van der Waals surface area contributed by atoms with Gasteiger partial charge in [-0.2, -0.15) is 0 Å². The molecule has 0 atom stereocenters. The number of rotatable bonds is 3. The van der Waals surface area contributed by atoms with E-state index in [9.17, 15) is 0 Å². The topological polar surface area (TPSA) is 72.8 Å². The molecule has 0 aliphatic rings. The SMILES string of the molecule is CNc1cncc(-c2nccnc2OC)n1. The molecule has 2 heterocycles. The zero-order valence-electron chi connectivity index (χ0n) is 9.01. The minimum atomic E-state index is 0.435. The quantitative estimate of drug-likeness (QED) is 0.826. The van der Waals surface area contributed by atoms with Crippen LogP contribution in [0.5, 0.6) is 5.88 Å².